The second kappa shape index (κ2) is 11.4. The number of nitrogens with zero attached hydrogens (tertiary/aromatic N) is 1. The maximum atomic E-state index is 12.5. The van der Waals surface area contributed by atoms with Gasteiger partial charge in [-0.05, 0) is 44.1 Å². The van der Waals surface area contributed by atoms with E-state index in [9.17, 15) is 9.59 Å². The summed E-state index contributed by atoms with van der Waals surface area (Å²) >= 11 is 0. The summed E-state index contributed by atoms with van der Waals surface area (Å²) in [5.41, 5.74) is 0.797. The van der Waals surface area contributed by atoms with Gasteiger partial charge in [0.15, 0.2) is 11.5 Å². The molecule has 1 aromatic heterocycles. The van der Waals surface area contributed by atoms with Gasteiger partial charge in [-0.15, -0.1) is 0 Å². The Morgan fingerprint density at radius 2 is 1.69 bits per heavy atom. The van der Waals surface area contributed by atoms with E-state index in [1.807, 2.05) is 6.07 Å². The highest BCUT2D eigenvalue weighted by atomic mass is 16.5. The Bertz CT molecular complexity index is 891. The number of ether oxygens (including phenoxy) is 3. The van der Waals surface area contributed by atoms with Gasteiger partial charge in [0.25, 0.3) is 0 Å². The topological polar surface area (TPSA) is 102 Å². The lowest BCUT2D eigenvalue weighted by atomic mass is 9.96. The minimum absolute atomic E-state index is 0.0334. The Hall–Kier alpha value is -3.20. The van der Waals surface area contributed by atoms with E-state index in [1.165, 1.54) is 0 Å². The number of likely N-dealkylation sites (tertiary alicyclic amines) is 1. The van der Waals surface area contributed by atoms with E-state index in [-0.39, 0.29) is 24.3 Å². The standard InChI is InChI=1S/C23H31N3O6/c1-29-19-12-21(31-3)20(30-2)11-17(19)13-24-22(27)15-26-8-6-16(7-9-26)23(28)25-14-18-5-4-10-32-18/h4-5,10-12,16H,6-9,13-15H2,1-3H3,(H,24,27)(H,25,28). The molecule has 1 fully saturated rings. The molecule has 2 N–H and O–H groups in total. The van der Waals surface area contributed by atoms with Crippen LogP contribution in [0.1, 0.15) is 24.2 Å². The second-order valence-electron chi connectivity index (χ2n) is 7.64. The van der Waals surface area contributed by atoms with Crippen molar-refractivity contribution in [1.82, 2.24) is 15.5 Å². The fraction of sp³-hybridized carbons (Fsp3) is 0.478. The Kier molecular flexibility index (Phi) is 8.38. The van der Waals surface area contributed by atoms with E-state index >= 15 is 0 Å². The lowest BCUT2D eigenvalue weighted by molar-refractivity contribution is -0.127. The minimum atomic E-state index is -0.0810. The minimum Gasteiger partial charge on any atom is -0.496 e. The van der Waals surface area contributed by atoms with Crippen LogP contribution in [0.2, 0.25) is 0 Å². The van der Waals surface area contributed by atoms with Gasteiger partial charge in [-0.1, -0.05) is 0 Å². The molecule has 0 unspecified atom stereocenters. The van der Waals surface area contributed by atoms with Crippen molar-refractivity contribution in [3.63, 3.8) is 0 Å². The molecule has 1 aliphatic heterocycles. The second-order valence-corrected chi connectivity index (χ2v) is 7.64. The third kappa shape index (κ3) is 6.16. The molecular formula is C23H31N3O6. The first-order chi connectivity index (χ1) is 15.5. The summed E-state index contributed by atoms with van der Waals surface area (Å²) in [6.07, 6.45) is 3.04. The van der Waals surface area contributed by atoms with Crippen LogP contribution in [0.25, 0.3) is 0 Å². The molecule has 0 spiro atoms. The molecule has 0 aliphatic carbocycles. The van der Waals surface area contributed by atoms with E-state index in [0.717, 1.165) is 24.2 Å². The highest BCUT2D eigenvalue weighted by Gasteiger charge is 2.26. The fourth-order valence-corrected chi connectivity index (χ4v) is 3.77. The molecule has 2 amide bonds. The largest absolute Gasteiger partial charge is 0.496 e. The molecule has 1 aromatic carbocycles. The van der Waals surface area contributed by atoms with Crippen molar-refractivity contribution in [2.45, 2.75) is 25.9 Å². The number of hydrogen-bond acceptors (Lipinski definition) is 7. The number of carbonyl (C=O) groups excluding carboxylic acids is 2. The summed E-state index contributed by atoms with van der Waals surface area (Å²) in [5.74, 6) is 2.40. The molecule has 3 rings (SSSR count). The summed E-state index contributed by atoms with van der Waals surface area (Å²) in [5, 5.41) is 5.85. The molecule has 174 valence electrons. The van der Waals surface area contributed by atoms with E-state index in [1.54, 1.807) is 45.8 Å². The maximum Gasteiger partial charge on any atom is 0.234 e. The van der Waals surface area contributed by atoms with Crippen molar-refractivity contribution < 1.29 is 28.2 Å². The quantitative estimate of drug-likeness (QED) is 0.576. The number of carbonyl (C=O) groups is 2. The molecule has 1 saturated heterocycles. The molecule has 0 atom stereocenters. The van der Waals surface area contributed by atoms with E-state index < -0.39 is 0 Å². The number of methoxy groups -OCH3 is 3. The van der Waals surface area contributed by atoms with Crippen molar-refractivity contribution >= 4 is 11.8 Å². The predicted molar refractivity (Wildman–Crippen MR) is 118 cm³/mol. The van der Waals surface area contributed by atoms with Crippen LogP contribution in [-0.2, 0) is 22.7 Å². The number of amides is 2. The monoisotopic (exact) mass is 445 g/mol. The zero-order valence-corrected chi connectivity index (χ0v) is 18.8. The average Bonchev–Trinajstić information content (AvgIpc) is 3.34. The molecule has 1 aliphatic rings. The zero-order chi connectivity index (χ0) is 22.9. The van der Waals surface area contributed by atoms with Crippen molar-refractivity contribution in [3.8, 4) is 17.2 Å². The van der Waals surface area contributed by atoms with Crippen LogP contribution < -0.4 is 24.8 Å². The fourth-order valence-electron chi connectivity index (χ4n) is 3.77. The number of benzene rings is 1. The van der Waals surface area contributed by atoms with Crippen molar-refractivity contribution in [1.29, 1.82) is 0 Å². The zero-order valence-electron chi connectivity index (χ0n) is 18.8. The number of rotatable bonds is 10. The van der Waals surface area contributed by atoms with Gasteiger partial charge in [-0.2, -0.15) is 0 Å². The van der Waals surface area contributed by atoms with Crippen LogP contribution in [0.5, 0.6) is 17.2 Å². The summed E-state index contributed by atoms with van der Waals surface area (Å²) < 4.78 is 21.3. The molecule has 0 radical (unpaired) electrons. The summed E-state index contributed by atoms with van der Waals surface area (Å²) in [7, 11) is 4.69. The van der Waals surface area contributed by atoms with E-state index in [2.05, 4.69) is 15.5 Å². The smallest absolute Gasteiger partial charge is 0.234 e. The third-order valence-electron chi connectivity index (χ3n) is 5.61. The number of nitrogens with one attached hydrogen (secondary N) is 2. The molecule has 9 nitrogen and oxygen atoms in total. The van der Waals surface area contributed by atoms with Gasteiger partial charge >= 0.3 is 0 Å². The predicted octanol–water partition coefficient (Wildman–Crippen LogP) is 1.95. The molecule has 0 bridgehead atoms. The lowest BCUT2D eigenvalue weighted by Gasteiger charge is -2.30. The Balaban J connectivity index is 1.43. The van der Waals surface area contributed by atoms with Crippen molar-refractivity contribution in [2.75, 3.05) is 41.0 Å². The average molecular weight is 446 g/mol. The Morgan fingerprint density at radius 1 is 1.00 bits per heavy atom. The van der Waals surface area contributed by atoms with E-state index in [0.29, 0.717) is 43.4 Å². The lowest BCUT2D eigenvalue weighted by Crippen LogP contribution is -2.44. The third-order valence-corrected chi connectivity index (χ3v) is 5.61. The number of furan rings is 1. The Labute approximate surface area is 188 Å². The van der Waals surface area contributed by atoms with Crippen LogP contribution in [0.3, 0.4) is 0 Å². The normalized spacial score (nSPS) is 14.6. The molecular weight excluding hydrogens is 414 g/mol. The van der Waals surface area contributed by atoms with E-state index in [4.69, 9.17) is 18.6 Å². The van der Waals surface area contributed by atoms with Crippen LogP contribution in [0.15, 0.2) is 34.9 Å². The van der Waals surface area contributed by atoms with Gasteiger partial charge in [-0.3, -0.25) is 14.5 Å². The van der Waals surface area contributed by atoms with Gasteiger partial charge in [0, 0.05) is 24.1 Å². The summed E-state index contributed by atoms with van der Waals surface area (Å²) in [6, 6.07) is 7.16. The molecule has 9 heteroatoms. The molecule has 2 aromatic rings. The van der Waals surface area contributed by atoms with Gasteiger partial charge in [0.2, 0.25) is 11.8 Å². The molecule has 2 heterocycles. The molecule has 32 heavy (non-hydrogen) atoms. The van der Waals surface area contributed by atoms with Gasteiger partial charge in [-0.25, -0.2) is 0 Å². The van der Waals surface area contributed by atoms with Crippen molar-refractivity contribution in [3.05, 3.63) is 41.9 Å². The summed E-state index contributed by atoms with van der Waals surface area (Å²) in [4.78, 5) is 26.9. The number of hydrogen-bond donors (Lipinski definition) is 2. The number of piperidine rings is 1. The summed E-state index contributed by atoms with van der Waals surface area (Å²) in [6.45, 7) is 2.40. The first-order valence-corrected chi connectivity index (χ1v) is 10.6. The Morgan fingerprint density at radius 3 is 2.31 bits per heavy atom. The molecule has 0 saturated carbocycles. The van der Waals surface area contributed by atoms with Crippen LogP contribution in [-0.4, -0.2) is 57.7 Å². The first-order valence-electron chi connectivity index (χ1n) is 10.6. The first kappa shape index (κ1) is 23.5. The van der Waals surface area contributed by atoms with Crippen LogP contribution in [0, 0.1) is 5.92 Å². The van der Waals surface area contributed by atoms with Gasteiger partial charge in [0.05, 0.1) is 40.7 Å². The van der Waals surface area contributed by atoms with Crippen LogP contribution in [0.4, 0.5) is 0 Å². The van der Waals surface area contributed by atoms with Gasteiger partial charge < -0.3 is 29.3 Å². The highest BCUT2D eigenvalue weighted by Crippen LogP contribution is 2.34. The van der Waals surface area contributed by atoms with Crippen LogP contribution >= 0.6 is 0 Å². The van der Waals surface area contributed by atoms with Gasteiger partial charge in [0.1, 0.15) is 11.5 Å². The maximum absolute atomic E-state index is 12.5. The SMILES string of the molecule is COc1cc(OC)c(OC)cc1CNC(=O)CN1CCC(C(=O)NCc2ccco2)CC1. The van der Waals surface area contributed by atoms with Crippen molar-refractivity contribution in [2.24, 2.45) is 5.92 Å². The highest BCUT2D eigenvalue weighted by molar-refractivity contribution is 5.79.